The first kappa shape index (κ1) is 14.7. The van der Waals surface area contributed by atoms with Crippen LogP contribution in [0.4, 0.5) is 4.39 Å². The molecule has 1 aliphatic carbocycles. The molecule has 2 aliphatic heterocycles. The summed E-state index contributed by atoms with van der Waals surface area (Å²) in [7, 11) is 0. The van der Waals surface area contributed by atoms with E-state index in [-0.39, 0.29) is 41.4 Å². The molecule has 23 heavy (non-hydrogen) atoms. The second-order valence-electron chi connectivity index (χ2n) is 7.02. The molecule has 2 amide bonds. The molecule has 3 atom stereocenters. The number of hydrogen-bond acceptors (Lipinski definition) is 2. The van der Waals surface area contributed by atoms with Crippen LogP contribution >= 0.6 is 0 Å². The molecule has 1 aromatic rings. The Morgan fingerprint density at radius 2 is 2.17 bits per heavy atom. The van der Waals surface area contributed by atoms with E-state index in [0.717, 1.165) is 25.7 Å². The van der Waals surface area contributed by atoms with Crippen LogP contribution in [0.25, 0.3) is 0 Å². The first-order valence-electron chi connectivity index (χ1n) is 8.44. The topological polar surface area (TPSA) is 49.4 Å². The van der Waals surface area contributed by atoms with Gasteiger partial charge in [-0.05, 0) is 24.5 Å². The van der Waals surface area contributed by atoms with Gasteiger partial charge in [-0.1, -0.05) is 31.0 Å². The molecule has 4 nitrogen and oxygen atoms in total. The van der Waals surface area contributed by atoms with Gasteiger partial charge in [-0.3, -0.25) is 9.59 Å². The van der Waals surface area contributed by atoms with Crippen LogP contribution in [0.3, 0.4) is 0 Å². The molecule has 1 aromatic carbocycles. The van der Waals surface area contributed by atoms with Gasteiger partial charge < -0.3 is 10.2 Å². The summed E-state index contributed by atoms with van der Waals surface area (Å²) in [6.45, 7) is 1.29. The van der Waals surface area contributed by atoms with Gasteiger partial charge in [-0.25, -0.2) is 4.39 Å². The quantitative estimate of drug-likeness (QED) is 0.906. The van der Waals surface area contributed by atoms with Gasteiger partial charge in [0.05, 0.1) is 11.8 Å². The standard InChI is InChI=1S/C18H21FN2O2/c19-14-6-2-1-5-12(14)9-16(22)21-11-13-10-20-17(23)18(13)8-4-3-7-15(18)21/h1-2,5-6,13,15H,3-4,7-11H2,(H,20,23). The highest BCUT2D eigenvalue weighted by atomic mass is 19.1. The highest BCUT2D eigenvalue weighted by Crippen LogP contribution is 2.52. The second kappa shape index (κ2) is 5.32. The molecule has 3 unspecified atom stereocenters. The second-order valence-corrected chi connectivity index (χ2v) is 7.02. The maximum Gasteiger partial charge on any atom is 0.228 e. The number of nitrogens with one attached hydrogen (secondary N) is 1. The van der Waals surface area contributed by atoms with E-state index in [2.05, 4.69) is 5.32 Å². The van der Waals surface area contributed by atoms with E-state index in [1.807, 2.05) is 4.90 Å². The summed E-state index contributed by atoms with van der Waals surface area (Å²) in [5.41, 5.74) is 0.0484. The Bertz CT molecular complexity index is 662. The van der Waals surface area contributed by atoms with Gasteiger partial charge in [0.25, 0.3) is 0 Å². The number of nitrogens with zero attached hydrogens (tertiary/aromatic N) is 1. The molecule has 2 saturated heterocycles. The lowest BCUT2D eigenvalue weighted by molar-refractivity contribution is -0.137. The zero-order valence-corrected chi connectivity index (χ0v) is 13.1. The van der Waals surface area contributed by atoms with E-state index in [1.54, 1.807) is 18.2 Å². The first-order valence-corrected chi connectivity index (χ1v) is 8.44. The van der Waals surface area contributed by atoms with Crippen molar-refractivity contribution >= 4 is 11.8 Å². The van der Waals surface area contributed by atoms with E-state index in [1.165, 1.54) is 6.07 Å². The molecule has 2 heterocycles. The van der Waals surface area contributed by atoms with Gasteiger partial charge in [-0.2, -0.15) is 0 Å². The average molecular weight is 316 g/mol. The fourth-order valence-electron chi connectivity index (χ4n) is 4.88. The number of carbonyl (C=O) groups is 2. The van der Waals surface area contributed by atoms with Crippen LogP contribution < -0.4 is 5.32 Å². The molecule has 0 bridgehead atoms. The lowest BCUT2D eigenvalue weighted by Crippen LogP contribution is -2.50. The van der Waals surface area contributed by atoms with Crippen molar-refractivity contribution < 1.29 is 14.0 Å². The molecular formula is C18H21FN2O2. The van der Waals surface area contributed by atoms with Crippen molar-refractivity contribution in [2.24, 2.45) is 11.3 Å². The first-order chi connectivity index (χ1) is 11.1. The third kappa shape index (κ3) is 2.09. The van der Waals surface area contributed by atoms with Crippen molar-refractivity contribution in [3.8, 4) is 0 Å². The lowest BCUT2D eigenvalue weighted by Gasteiger charge is -2.39. The number of halogens is 1. The summed E-state index contributed by atoms with van der Waals surface area (Å²) in [6.07, 6.45) is 3.93. The van der Waals surface area contributed by atoms with Gasteiger partial charge in [0.15, 0.2) is 0 Å². The van der Waals surface area contributed by atoms with Gasteiger partial charge in [0.1, 0.15) is 5.82 Å². The third-order valence-electron chi connectivity index (χ3n) is 5.99. The third-order valence-corrected chi connectivity index (χ3v) is 5.99. The Kier molecular flexibility index (Phi) is 3.39. The number of likely N-dealkylation sites (tertiary alicyclic amines) is 1. The number of hydrogen-bond donors (Lipinski definition) is 1. The Morgan fingerprint density at radius 1 is 1.35 bits per heavy atom. The molecule has 122 valence electrons. The molecule has 4 rings (SSSR count). The van der Waals surface area contributed by atoms with E-state index in [9.17, 15) is 14.0 Å². The van der Waals surface area contributed by atoms with Crippen molar-refractivity contribution in [2.45, 2.75) is 38.1 Å². The number of benzene rings is 1. The van der Waals surface area contributed by atoms with E-state index in [0.29, 0.717) is 18.7 Å². The Labute approximate surface area is 135 Å². The van der Waals surface area contributed by atoms with Crippen LogP contribution in [0.1, 0.15) is 31.2 Å². The van der Waals surface area contributed by atoms with Gasteiger partial charge in [-0.15, -0.1) is 0 Å². The van der Waals surface area contributed by atoms with Crippen LogP contribution in [0, 0.1) is 17.2 Å². The number of carbonyl (C=O) groups excluding carboxylic acids is 2. The maximum atomic E-state index is 13.8. The zero-order valence-electron chi connectivity index (χ0n) is 13.1. The summed E-state index contributed by atoms with van der Waals surface area (Å²) < 4.78 is 13.8. The van der Waals surface area contributed by atoms with Crippen LogP contribution in [-0.2, 0) is 16.0 Å². The Balaban J connectivity index is 1.59. The van der Waals surface area contributed by atoms with Crippen LogP contribution in [0.2, 0.25) is 0 Å². The predicted molar refractivity (Wildman–Crippen MR) is 83.0 cm³/mol. The normalized spacial score (nSPS) is 32.4. The minimum Gasteiger partial charge on any atom is -0.355 e. The molecule has 1 saturated carbocycles. The highest BCUT2D eigenvalue weighted by molar-refractivity contribution is 5.89. The van der Waals surface area contributed by atoms with Gasteiger partial charge >= 0.3 is 0 Å². The average Bonchev–Trinajstić information content (AvgIpc) is 3.04. The summed E-state index contributed by atoms with van der Waals surface area (Å²) in [5.74, 6) is -0.0572. The van der Waals surface area contributed by atoms with Crippen LogP contribution in [-0.4, -0.2) is 35.8 Å². The van der Waals surface area contributed by atoms with Crippen molar-refractivity contribution in [2.75, 3.05) is 13.1 Å². The van der Waals surface area contributed by atoms with Crippen molar-refractivity contribution in [3.05, 3.63) is 35.6 Å². The van der Waals surface area contributed by atoms with E-state index in [4.69, 9.17) is 0 Å². The molecule has 1 spiro atoms. The van der Waals surface area contributed by atoms with E-state index < -0.39 is 0 Å². The lowest BCUT2D eigenvalue weighted by atomic mass is 9.67. The Morgan fingerprint density at radius 3 is 3.00 bits per heavy atom. The summed E-state index contributed by atoms with van der Waals surface area (Å²) in [5, 5.41) is 2.99. The summed E-state index contributed by atoms with van der Waals surface area (Å²) in [6, 6.07) is 6.41. The van der Waals surface area contributed by atoms with Crippen LogP contribution in [0.15, 0.2) is 24.3 Å². The van der Waals surface area contributed by atoms with Crippen molar-refractivity contribution in [1.29, 1.82) is 0 Å². The smallest absolute Gasteiger partial charge is 0.228 e. The minimum absolute atomic E-state index is 0.0111. The van der Waals surface area contributed by atoms with Crippen molar-refractivity contribution in [1.82, 2.24) is 10.2 Å². The van der Waals surface area contributed by atoms with Gasteiger partial charge in [0.2, 0.25) is 11.8 Å². The molecule has 5 heteroatoms. The van der Waals surface area contributed by atoms with Crippen LogP contribution in [0.5, 0.6) is 0 Å². The summed E-state index contributed by atoms with van der Waals surface area (Å²) in [4.78, 5) is 27.1. The fraction of sp³-hybridized carbons (Fsp3) is 0.556. The molecule has 3 fully saturated rings. The van der Waals surface area contributed by atoms with Crippen molar-refractivity contribution in [3.63, 3.8) is 0 Å². The predicted octanol–water partition coefficient (Wildman–Crippen LogP) is 1.89. The molecule has 1 N–H and O–H groups in total. The Hall–Kier alpha value is -1.91. The zero-order chi connectivity index (χ0) is 16.0. The SMILES string of the molecule is O=C(Cc1ccccc1F)N1CC2CNC(=O)C23CCCCC13. The molecule has 0 aromatic heterocycles. The number of amides is 2. The van der Waals surface area contributed by atoms with Gasteiger partial charge in [0, 0.05) is 25.0 Å². The molecular weight excluding hydrogens is 295 g/mol. The highest BCUT2D eigenvalue weighted by Gasteiger charge is 2.62. The largest absolute Gasteiger partial charge is 0.355 e. The molecule has 0 radical (unpaired) electrons. The maximum absolute atomic E-state index is 13.8. The minimum atomic E-state index is -0.386. The molecule has 3 aliphatic rings. The number of rotatable bonds is 2. The monoisotopic (exact) mass is 316 g/mol. The van der Waals surface area contributed by atoms with E-state index >= 15 is 0 Å². The summed E-state index contributed by atoms with van der Waals surface area (Å²) >= 11 is 0. The fourth-order valence-corrected chi connectivity index (χ4v) is 4.88.